The standard InChI is InChI=1S/C13H19BrN2O/c1-16(2)5-6-17-11-7-10-3-4-15-9-12(10)13(14)8-11/h7-8,15H,3-6,9H2,1-2H3. The summed E-state index contributed by atoms with van der Waals surface area (Å²) in [5.74, 6) is 0.972. The molecule has 0 bridgehead atoms. The predicted molar refractivity (Wildman–Crippen MR) is 73.6 cm³/mol. The molecule has 0 amide bonds. The minimum absolute atomic E-state index is 0.733. The van der Waals surface area contributed by atoms with Gasteiger partial charge in [0, 0.05) is 17.6 Å². The zero-order valence-corrected chi connectivity index (χ0v) is 12.0. The van der Waals surface area contributed by atoms with Crippen LogP contribution in [0, 0.1) is 0 Å². The Morgan fingerprint density at radius 3 is 3.00 bits per heavy atom. The Labute approximate surface area is 111 Å². The zero-order valence-electron chi connectivity index (χ0n) is 10.4. The Bertz CT molecular complexity index is 393. The van der Waals surface area contributed by atoms with Crippen LogP contribution in [0.5, 0.6) is 5.75 Å². The van der Waals surface area contributed by atoms with Crippen molar-refractivity contribution in [2.75, 3.05) is 33.8 Å². The Kier molecular flexibility index (Phi) is 4.42. The van der Waals surface area contributed by atoms with E-state index in [-0.39, 0.29) is 0 Å². The maximum absolute atomic E-state index is 5.77. The molecule has 1 N–H and O–H groups in total. The van der Waals surface area contributed by atoms with E-state index in [0.717, 1.165) is 42.9 Å². The molecule has 0 unspecified atom stereocenters. The predicted octanol–water partition coefficient (Wildman–Crippen LogP) is 2.04. The molecule has 94 valence electrons. The Balaban J connectivity index is 2.06. The van der Waals surface area contributed by atoms with Gasteiger partial charge in [-0.2, -0.15) is 0 Å². The molecule has 0 saturated carbocycles. The summed E-state index contributed by atoms with van der Waals surface area (Å²) >= 11 is 3.62. The molecule has 1 aromatic carbocycles. The minimum Gasteiger partial charge on any atom is -0.492 e. The lowest BCUT2D eigenvalue weighted by molar-refractivity contribution is 0.261. The summed E-state index contributed by atoms with van der Waals surface area (Å²) in [5.41, 5.74) is 2.77. The topological polar surface area (TPSA) is 24.5 Å². The summed E-state index contributed by atoms with van der Waals surface area (Å²) in [6.45, 7) is 3.68. The van der Waals surface area contributed by atoms with Crippen LogP contribution in [0.2, 0.25) is 0 Å². The van der Waals surface area contributed by atoms with Crippen LogP contribution in [0.25, 0.3) is 0 Å². The van der Waals surface area contributed by atoms with E-state index in [4.69, 9.17) is 4.74 Å². The van der Waals surface area contributed by atoms with Gasteiger partial charge in [-0.05, 0) is 50.3 Å². The first-order valence-corrected chi connectivity index (χ1v) is 6.75. The molecule has 1 aliphatic rings. The van der Waals surface area contributed by atoms with E-state index in [1.54, 1.807) is 0 Å². The SMILES string of the molecule is CN(C)CCOc1cc(Br)c2c(c1)CCNC2. The number of ether oxygens (including phenoxy) is 1. The van der Waals surface area contributed by atoms with E-state index >= 15 is 0 Å². The summed E-state index contributed by atoms with van der Waals surface area (Å²) in [4.78, 5) is 2.12. The lowest BCUT2D eigenvalue weighted by Gasteiger charge is -2.20. The summed E-state index contributed by atoms with van der Waals surface area (Å²) in [7, 11) is 4.11. The van der Waals surface area contributed by atoms with Gasteiger partial charge in [-0.15, -0.1) is 0 Å². The first kappa shape index (κ1) is 12.9. The van der Waals surface area contributed by atoms with Gasteiger partial charge in [0.1, 0.15) is 12.4 Å². The molecule has 3 nitrogen and oxygen atoms in total. The van der Waals surface area contributed by atoms with E-state index in [9.17, 15) is 0 Å². The van der Waals surface area contributed by atoms with E-state index in [1.165, 1.54) is 11.1 Å². The number of rotatable bonds is 4. The monoisotopic (exact) mass is 298 g/mol. The van der Waals surface area contributed by atoms with Crippen LogP contribution in [-0.4, -0.2) is 38.7 Å². The highest BCUT2D eigenvalue weighted by molar-refractivity contribution is 9.10. The van der Waals surface area contributed by atoms with Crippen molar-refractivity contribution in [2.24, 2.45) is 0 Å². The number of likely N-dealkylation sites (N-methyl/N-ethyl adjacent to an activating group) is 1. The third-order valence-electron chi connectivity index (χ3n) is 2.94. The largest absolute Gasteiger partial charge is 0.492 e. The van der Waals surface area contributed by atoms with Crippen molar-refractivity contribution in [2.45, 2.75) is 13.0 Å². The second-order valence-corrected chi connectivity index (χ2v) is 5.48. The van der Waals surface area contributed by atoms with Crippen molar-refractivity contribution in [3.05, 3.63) is 27.7 Å². The van der Waals surface area contributed by atoms with Crippen LogP contribution in [0.3, 0.4) is 0 Å². The fraction of sp³-hybridized carbons (Fsp3) is 0.538. The molecule has 1 aromatic rings. The maximum atomic E-state index is 5.77. The summed E-state index contributed by atoms with van der Waals surface area (Å²) < 4.78 is 6.93. The molecule has 17 heavy (non-hydrogen) atoms. The lowest BCUT2D eigenvalue weighted by atomic mass is 10.0. The molecular weight excluding hydrogens is 280 g/mol. The Hall–Kier alpha value is -0.580. The molecule has 4 heteroatoms. The average molecular weight is 299 g/mol. The number of nitrogens with zero attached hydrogens (tertiary/aromatic N) is 1. The van der Waals surface area contributed by atoms with E-state index in [2.05, 4.69) is 52.4 Å². The van der Waals surface area contributed by atoms with Crippen molar-refractivity contribution < 1.29 is 4.74 Å². The van der Waals surface area contributed by atoms with Crippen molar-refractivity contribution in [1.82, 2.24) is 10.2 Å². The van der Waals surface area contributed by atoms with Gasteiger partial charge in [-0.1, -0.05) is 15.9 Å². The van der Waals surface area contributed by atoms with Gasteiger partial charge >= 0.3 is 0 Å². The summed E-state index contributed by atoms with van der Waals surface area (Å²) in [6.07, 6.45) is 1.08. The second-order valence-electron chi connectivity index (χ2n) is 4.62. The number of halogens is 1. The highest BCUT2D eigenvalue weighted by Gasteiger charge is 2.13. The van der Waals surface area contributed by atoms with Gasteiger partial charge in [0.25, 0.3) is 0 Å². The Morgan fingerprint density at radius 1 is 1.41 bits per heavy atom. The van der Waals surface area contributed by atoms with Gasteiger partial charge in [0.05, 0.1) is 0 Å². The van der Waals surface area contributed by atoms with Crippen LogP contribution in [0.15, 0.2) is 16.6 Å². The number of hydrogen-bond donors (Lipinski definition) is 1. The zero-order chi connectivity index (χ0) is 12.3. The van der Waals surface area contributed by atoms with Gasteiger partial charge < -0.3 is 15.0 Å². The fourth-order valence-corrected chi connectivity index (χ4v) is 2.57. The van der Waals surface area contributed by atoms with Crippen molar-refractivity contribution in [1.29, 1.82) is 0 Å². The highest BCUT2D eigenvalue weighted by atomic mass is 79.9. The molecular formula is C13H19BrN2O. The van der Waals surface area contributed by atoms with Crippen molar-refractivity contribution in [3.8, 4) is 5.75 Å². The summed E-state index contributed by atoms with van der Waals surface area (Å²) in [6, 6.07) is 4.25. The molecule has 0 atom stereocenters. The third kappa shape index (κ3) is 3.44. The van der Waals surface area contributed by atoms with Gasteiger partial charge in [-0.3, -0.25) is 0 Å². The molecule has 0 radical (unpaired) electrons. The summed E-state index contributed by atoms with van der Waals surface area (Å²) in [5, 5.41) is 3.38. The van der Waals surface area contributed by atoms with Gasteiger partial charge in [0.2, 0.25) is 0 Å². The minimum atomic E-state index is 0.733. The molecule has 1 heterocycles. The molecule has 0 saturated heterocycles. The number of hydrogen-bond acceptors (Lipinski definition) is 3. The van der Waals surface area contributed by atoms with E-state index in [0.29, 0.717) is 0 Å². The first-order chi connectivity index (χ1) is 8.16. The first-order valence-electron chi connectivity index (χ1n) is 5.96. The van der Waals surface area contributed by atoms with E-state index < -0.39 is 0 Å². The van der Waals surface area contributed by atoms with Crippen molar-refractivity contribution in [3.63, 3.8) is 0 Å². The average Bonchev–Trinajstić information content (AvgIpc) is 2.28. The smallest absolute Gasteiger partial charge is 0.120 e. The quantitative estimate of drug-likeness (QED) is 0.921. The number of nitrogens with one attached hydrogen (secondary N) is 1. The van der Waals surface area contributed by atoms with Crippen LogP contribution >= 0.6 is 15.9 Å². The molecule has 0 aromatic heterocycles. The maximum Gasteiger partial charge on any atom is 0.120 e. The van der Waals surface area contributed by atoms with Gasteiger partial charge in [0.15, 0.2) is 0 Å². The highest BCUT2D eigenvalue weighted by Crippen LogP contribution is 2.29. The van der Waals surface area contributed by atoms with Crippen molar-refractivity contribution >= 4 is 15.9 Å². The van der Waals surface area contributed by atoms with E-state index in [1.807, 2.05) is 0 Å². The molecule has 1 aliphatic heterocycles. The third-order valence-corrected chi connectivity index (χ3v) is 3.65. The number of benzene rings is 1. The molecule has 0 fully saturated rings. The normalized spacial score (nSPS) is 14.8. The van der Waals surface area contributed by atoms with Crippen LogP contribution in [-0.2, 0) is 13.0 Å². The molecule has 2 rings (SSSR count). The molecule has 0 aliphatic carbocycles. The van der Waals surface area contributed by atoms with Crippen LogP contribution in [0.4, 0.5) is 0 Å². The van der Waals surface area contributed by atoms with Gasteiger partial charge in [-0.25, -0.2) is 0 Å². The number of fused-ring (bicyclic) bond motifs is 1. The Morgan fingerprint density at radius 2 is 2.24 bits per heavy atom. The fourth-order valence-electron chi connectivity index (χ4n) is 1.95. The molecule has 0 spiro atoms. The lowest BCUT2D eigenvalue weighted by Crippen LogP contribution is -2.24. The van der Waals surface area contributed by atoms with Crippen LogP contribution < -0.4 is 10.1 Å². The second kappa shape index (κ2) is 5.85. The van der Waals surface area contributed by atoms with Crippen LogP contribution in [0.1, 0.15) is 11.1 Å².